The zero-order chi connectivity index (χ0) is 11.9. The van der Waals surface area contributed by atoms with E-state index in [0.29, 0.717) is 0 Å². The molecule has 90 valence electrons. The summed E-state index contributed by atoms with van der Waals surface area (Å²) in [6.07, 6.45) is 2.90. The van der Waals surface area contributed by atoms with E-state index < -0.39 is 0 Å². The molecule has 2 aromatic heterocycles. The maximum atomic E-state index is 4.25. The average molecular weight is 266 g/mol. The van der Waals surface area contributed by atoms with Gasteiger partial charge in [-0.25, -0.2) is 4.98 Å². The lowest BCUT2D eigenvalue weighted by Gasteiger charge is -1.96. The van der Waals surface area contributed by atoms with Gasteiger partial charge >= 0.3 is 0 Å². The van der Waals surface area contributed by atoms with E-state index in [1.807, 2.05) is 18.2 Å². The minimum Gasteiger partial charge on any atom is -0.360 e. The van der Waals surface area contributed by atoms with Crippen LogP contribution in [0.15, 0.2) is 29.4 Å². The van der Waals surface area contributed by atoms with Gasteiger partial charge in [-0.3, -0.25) is 0 Å². The molecular formula is C11H14N4S2. The van der Waals surface area contributed by atoms with Crippen molar-refractivity contribution in [3.05, 3.63) is 29.4 Å². The molecule has 17 heavy (non-hydrogen) atoms. The van der Waals surface area contributed by atoms with Gasteiger partial charge < -0.3 is 5.32 Å². The van der Waals surface area contributed by atoms with Crippen LogP contribution < -0.4 is 5.32 Å². The number of hydrogen-bond acceptors (Lipinski definition) is 6. The van der Waals surface area contributed by atoms with Crippen LogP contribution >= 0.6 is 23.1 Å². The third kappa shape index (κ3) is 3.98. The number of pyridine rings is 1. The Labute approximate surface area is 109 Å². The third-order valence-electron chi connectivity index (χ3n) is 1.97. The van der Waals surface area contributed by atoms with Crippen molar-refractivity contribution in [3.63, 3.8) is 0 Å². The van der Waals surface area contributed by atoms with E-state index in [-0.39, 0.29) is 0 Å². The summed E-state index contributed by atoms with van der Waals surface area (Å²) in [5.41, 5.74) is 0. The van der Waals surface area contributed by atoms with E-state index >= 15 is 0 Å². The van der Waals surface area contributed by atoms with Crippen molar-refractivity contribution in [2.75, 3.05) is 11.9 Å². The standard InChI is InChI=1S/C11H14N4S2/c1-2-6-13-11-15-14-10(17-11)8-16-9-5-3-4-7-12-9/h3-5,7H,2,6,8H2,1H3,(H,13,15). The average Bonchev–Trinajstić information content (AvgIpc) is 2.83. The van der Waals surface area contributed by atoms with Crippen LogP contribution in [0.3, 0.4) is 0 Å². The van der Waals surface area contributed by atoms with E-state index in [2.05, 4.69) is 27.4 Å². The zero-order valence-corrected chi connectivity index (χ0v) is 11.2. The van der Waals surface area contributed by atoms with Crippen LogP contribution in [-0.4, -0.2) is 21.7 Å². The maximum absolute atomic E-state index is 4.25. The highest BCUT2D eigenvalue weighted by Crippen LogP contribution is 2.24. The fourth-order valence-electron chi connectivity index (χ4n) is 1.18. The smallest absolute Gasteiger partial charge is 0.205 e. The van der Waals surface area contributed by atoms with Gasteiger partial charge in [-0.15, -0.1) is 10.2 Å². The Bertz CT molecular complexity index is 444. The van der Waals surface area contributed by atoms with Crippen LogP contribution in [0.4, 0.5) is 5.13 Å². The SMILES string of the molecule is CCCNc1nnc(CSc2ccccn2)s1. The van der Waals surface area contributed by atoms with Gasteiger partial charge in [0.2, 0.25) is 5.13 Å². The second-order valence-corrected chi connectivity index (χ2v) is 5.44. The van der Waals surface area contributed by atoms with Crippen LogP contribution in [0, 0.1) is 0 Å². The minimum atomic E-state index is 0.822. The Morgan fingerprint density at radius 1 is 1.35 bits per heavy atom. The molecule has 0 saturated heterocycles. The molecule has 0 unspecified atom stereocenters. The summed E-state index contributed by atoms with van der Waals surface area (Å²) < 4.78 is 0. The highest BCUT2D eigenvalue weighted by Gasteiger charge is 2.04. The molecule has 0 atom stereocenters. The van der Waals surface area contributed by atoms with Crippen molar-refractivity contribution in [1.29, 1.82) is 0 Å². The van der Waals surface area contributed by atoms with Crippen molar-refractivity contribution in [2.24, 2.45) is 0 Å². The van der Waals surface area contributed by atoms with E-state index in [1.165, 1.54) is 0 Å². The van der Waals surface area contributed by atoms with Gasteiger partial charge in [-0.05, 0) is 18.6 Å². The molecule has 2 heterocycles. The molecule has 0 fully saturated rings. The normalized spacial score (nSPS) is 10.4. The van der Waals surface area contributed by atoms with Crippen molar-refractivity contribution < 1.29 is 0 Å². The topological polar surface area (TPSA) is 50.7 Å². The van der Waals surface area contributed by atoms with Crippen molar-refractivity contribution in [3.8, 4) is 0 Å². The highest BCUT2D eigenvalue weighted by atomic mass is 32.2. The summed E-state index contributed by atoms with van der Waals surface area (Å²) in [6, 6.07) is 5.91. The molecule has 0 aliphatic rings. The number of thioether (sulfide) groups is 1. The molecule has 0 bridgehead atoms. The second-order valence-electron chi connectivity index (χ2n) is 3.38. The van der Waals surface area contributed by atoms with Gasteiger partial charge in [0.15, 0.2) is 0 Å². The predicted molar refractivity (Wildman–Crippen MR) is 72.5 cm³/mol. The summed E-state index contributed by atoms with van der Waals surface area (Å²) in [6.45, 7) is 3.08. The van der Waals surface area contributed by atoms with Crippen LogP contribution in [0.1, 0.15) is 18.4 Å². The molecule has 0 spiro atoms. The van der Waals surface area contributed by atoms with E-state index in [1.54, 1.807) is 29.3 Å². The molecule has 0 aliphatic carbocycles. The largest absolute Gasteiger partial charge is 0.360 e. The molecule has 4 nitrogen and oxygen atoms in total. The van der Waals surface area contributed by atoms with E-state index in [4.69, 9.17) is 0 Å². The lowest BCUT2D eigenvalue weighted by atomic mass is 10.5. The predicted octanol–water partition coefficient (Wildman–Crippen LogP) is 3.05. The van der Waals surface area contributed by atoms with Crippen molar-refractivity contribution in [2.45, 2.75) is 24.1 Å². The van der Waals surface area contributed by atoms with Gasteiger partial charge in [0.05, 0.1) is 10.8 Å². The molecule has 0 aliphatic heterocycles. The Kier molecular flexibility index (Phi) is 4.75. The molecule has 0 saturated carbocycles. The second kappa shape index (κ2) is 6.56. The van der Waals surface area contributed by atoms with E-state index in [0.717, 1.165) is 33.9 Å². The lowest BCUT2D eigenvalue weighted by Crippen LogP contribution is -1.98. The van der Waals surface area contributed by atoms with Crippen LogP contribution in [-0.2, 0) is 5.75 Å². The fraction of sp³-hybridized carbons (Fsp3) is 0.364. The van der Waals surface area contributed by atoms with Gasteiger partial charge in [-0.2, -0.15) is 0 Å². The van der Waals surface area contributed by atoms with Gasteiger partial charge in [0.25, 0.3) is 0 Å². The molecule has 2 aromatic rings. The Balaban J connectivity index is 1.85. The Hall–Kier alpha value is -1.14. The van der Waals surface area contributed by atoms with Gasteiger partial charge in [0, 0.05) is 12.7 Å². The van der Waals surface area contributed by atoms with Crippen molar-refractivity contribution >= 4 is 28.2 Å². The zero-order valence-electron chi connectivity index (χ0n) is 9.59. The minimum absolute atomic E-state index is 0.822. The molecular weight excluding hydrogens is 252 g/mol. The molecule has 0 radical (unpaired) electrons. The quantitative estimate of drug-likeness (QED) is 0.814. The first kappa shape index (κ1) is 12.3. The lowest BCUT2D eigenvalue weighted by molar-refractivity contribution is 0.958. The van der Waals surface area contributed by atoms with E-state index in [9.17, 15) is 0 Å². The highest BCUT2D eigenvalue weighted by molar-refractivity contribution is 7.98. The Morgan fingerprint density at radius 3 is 3.06 bits per heavy atom. The summed E-state index contributed by atoms with van der Waals surface area (Å²) in [7, 11) is 0. The molecule has 0 aromatic carbocycles. The Morgan fingerprint density at radius 2 is 2.29 bits per heavy atom. The number of nitrogens with one attached hydrogen (secondary N) is 1. The first-order chi connectivity index (χ1) is 8.38. The molecule has 2 rings (SSSR count). The molecule has 1 N–H and O–H groups in total. The summed E-state index contributed by atoms with van der Waals surface area (Å²) in [4.78, 5) is 4.25. The number of anilines is 1. The third-order valence-corrected chi connectivity index (χ3v) is 3.99. The van der Waals surface area contributed by atoms with Gasteiger partial charge in [-0.1, -0.05) is 36.1 Å². The summed E-state index contributed by atoms with van der Waals surface area (Å²) in [5, 5.41) is 14.4. The first-order valence-electron chi connectivity index (χ1n) is 5.48. The van der Waals surface area contributed by atoms with Crippen LogP contribution in [0.2, 0.25) is 0 Å². The summed E-state index contributed by atoms with van der Waals surface area (Å²) >= 11 is 3.29. The molecule has 0 amide bonds. The maximum Gasteiger partial charge on any atom is 0.205 e. The first-order valence-corrected chi connectivity index (χ1v) is 7.29. The monoisotopic (exact) mass is 266 g/mol. The van der Waals surface area contributed by atoms with Gasteiger partial charge in [0.1, 0.15) is 5.01 Å². The van der Waals surface area contributed by atoms with Crippen LogP contribution in [0.5, 0.6) is 0 Å². The van der Waals surface area contributed by atoms with Crippen molar-refractivity contribution in [1.82, 2.24) is 15.2 Å². The number of hydrogen-bond donors (Lipinski definition) is 1. The fourth-order valence-corrected chi connectivity index (χ4v) is 2.80. The molecule has 6 heteroatoms. The number of nitrogens with zero attached hydrogens (tertiary/aromatic N) is 3. The number of rotatable bonds is 6. The van der Waals surface area contributed by atoms with Crippen LogP contribution in [0.25, 0.3) is 0 Å². The summed E-state index contributed by atoms with van der Waals surface area (Å²) in [5.74, 6) is 0.822. The number of aromatic nitrogens is 3.